The molecule has 0 saturated heterocycles. The van der Waals surface area contributed by atoms with Gasteiger partial charge in [0, 0.05) is 28.1 Å². The normalized spacial score (nSPS) is 11.2. The molecule has 2 aromatic carbocycles. The van der Waals surface area contributed by atoms with Crippen LogP contribution in [-0.2, 0) is 6.54 Å². The molecule has 0 aliphatic carbocycles. The Labute approximate surface area is 192 Å². The van der Waals surface area contributed by atoms with Crippen LogP contribution in [0, 0.1) is 6.92 Å². The van der Waals surface area contributed by atoms with Crippen molar-refractivity contribution >= 4 is 44.2 Å². The van der Waals surface area contributed by atoms with Crippen LogP contribution in [0.15, 0.2) is 88.4 Å². The summed E-state index contributed by atoms with van der Waals surface area (Å²) >= 11 is 3.46. The summed E-state index contributed by atoms with van der Waals surface area (Å²) in [6, 6.07) is 20.4. The molecule has 158 valence electrons. The average molecular weight is 487 g/mol. The van der Waals surface area contributed by atoms with Crippen LogP contribution in [-0.4, -0.2) is 19.9 Å². The Hall–Kier alpha value is -3.71. The van der Waals surface area contributed by atoms with Gasteiger partial charge in [0.2, 0.25) is 0 Å². The van der Waals surface area contributed by atoms with Crippen LogP contribution in [0.2, 0.25) is 0 Å². The molecule has 0 radical (unpaired) electrons. The number of nitrogens with one attached hydrogen (secondary N) is 1. The molecule has 0 fully saturated rings. The van der Waals surface area contributed by atoms with Gasteiger partial charge < -0.3 is 9.72 Å². The smallest absolute Gasteiger partial charge is 0.276 e. The highest BCUT2D eigenvalue weighted by atomic mass is 79.9. The number of amides is 1. The average Bonchev–Trinajstić information content (AvgIpc) is 3.30. The quantitative estimate of drug-likeness (QED) is 0.387. The fourth-order valence-electron chi connectivity index (χ4n) is 3.80. The number of hydrogen-bond acceptors (Lipinski definition) is 3. The molecule has 32 heavy (non-hydrogen) atoms. The van der Waals surface area contributed by atoms with Crippen molar-refractivity contribution in [2.75, 3.05) is 5.32 Å². The van der Waals surface area contributed by atoms with Crippen molar-refractivity contribution in [1.29, 1.82) is 0 Å². The SMILES string of the molecule is Cc1cc(NC(=O)c2ccc(Cn3c(=O)c4cccn4c4cccnc43)cc2)ccc1Br. The monoisotopic (exact) mass is 486 g/mol. The van der Waals surface area contributed by atoms with Crippen molar-refractivity contribution in [3.63, 3.8) is 0 Å². The summed E-state index contributed by atoms with van der Waals surface area (Å²) in [5.74, 6) is -0.183. The first-order valence-electron chi connectivity index (χ1n) is 10.1. The van der Waals surface area contributed by atoms with Gasteiger partial charge in [-0.2, -0.15) is 0 Å². The highest BCUT2D eigenvalue weighted by Gasteiger charge is 2.12. The largest absolute Gasteiger partial charge is 0.322 e. The summed E-state index contributed by atoms with van der Waals surface area (Å²) in [7, 11) is 0. The number of nitrogens with zero attached hydrogens (tertiary/aromatic N) is 3. The Morgan fingerprint density at radius 2 is 1.81 bits per heavy atom. The van der Waals surface area contributed by atoms with Crippen LogP contribution < -0.4 is 10.9 Å². The molecule has 1 N–H and O–H groups in total. The first kappa shape index (κ1) is 20.2. The summed E-state index contributed by atoms with van der Waals surface area (Å²) in [6.45, 7) is 2.34. The molecule has 6 nitrogen and oxygen atoms in total. The molecule has 7 heteroatoms. The zero-order chi connectivity index (χ0) is 22.2. The summed E-state index contributed by atoms with van der Waals surface area (Å²) in [5.41, 5.74) is 5.23. The number of aryl methyl sites for hydroxylation is 1. The second-order valence-corrected chi connectivity index (χ2v) is 8.47. The lowest BCUT2D eigenvalue weighted by molar-refractivity contribution is 0.102. The van der Waals surface area contributed by atoms with Crippen LogP contribution in [0.1, 0.15) is 21.5 Å². The maximum atomic E-state index is 13.1. The summed E-state index contributed by atoms with van der Waals surface area (Å²) < 4.78 is 4.53. The van der Waals surface area contributed by atoms with Crippen molar-refractivity contribution in [3.8, 4) is 0 Å². The Morgan fingerprint density at radius 3 is 2.59 bits per heavy atom. The van der Waals surface area contributed by atoms with Gasteiger partial charge in [-0.15, -0.1) is 0 Å². The standard InChI is InChI=1S/C25H19BrN4O2/c1-16-14-19(10-11-20(16)26)28-24(31)18-8-6-17(7-9-18)15-30-23-21(4-2-12-27-23)29-13-3-5-22(29)25(30)32/h2-14H,15H2,1H3,(H,28,31). The third-order valence-corrected chi connectivity index (χ3v) is 6.36. The van der Waals surface area contributed by atoms with Gasteiger partial charge in [0.25, 0.3) is 11.5 Å². The number of halogens is 1. The van der Waals surface area contributed by atoms with Crippen LogP contribution in [0.3, 0.4) is 0 Å². The number of hydrogen-bond donors (Lipinski definition) is 1. The number of carbonyl (C=O) groups is 1. The van der Waals surface area contributed by atoms with E-state index in [1.54, 1.807) is 22.9 Å². The van der Waals surface area contributed by atoms with E-state index in [9.17, 15) is 9.59 Å². The minimum absolute atomic E-state index is 0.103. The van der Waals surface area contributed by atoms with Gasteiger partial charge in [-0.05, 0) is 72.6 Å². The van der Waals surface area contributed by atoms with E-state index in [1.165, 1.54) is 0 Å². The van der Waals surface area contributed by atoms with Gasteiger partial charge in [0.05, 0.1) is 12.1 Å². The van der Waals surface area contributed by atoms with Crippen LogP contribution in [0.5, 0.6) is 0 Å². The molecule has 0 unspecified atom stereocenters. The van der Waals surface area contributed by atoms with E-state index in [-0.39, 0.29) is 11.5 Å². The molecular formula is C25H19BrN4O2. The summed E-state index contributed by atoms with van der Waals surface area (Å²) in [4.78, 5) is 30.2. The molecule has 1 amide bonds. The Bertz CT molecular complexity index is 1530. The fraction of sp³-hybridized carbons (Fsp3) is 0.0800. The number of carbonyl (C=O) groups excluding carboxylic acids is 1. The van der Waals surface area contributed by atoms with Crippen molar-refractivity contribution in [3.05, 3.63) is 111 Å². The molecule has 0 aliphatic heterocycles. The number of rotatable bonds is 4. The molecule has 3 aromatic heterocycles. The van der Waals surface area contributed by atoms with Gasteiger partial charge in [-0.25, -0.2) is 4.98 Å². The topological polar surface area (TPSA) is 68.4 Å². The predicted octanol–water partition coefficient (Wildman–Crippen LogP) is 5.02. The molecule has 0 saturated carbocycles. The second-order valence-electron chi connectivity index (χ2n) is 7.62. The van der Waals surface area contributed by atoms with E-state index in [0.29, 0.717) is 23.3 Å². The number of benzene rings is 2. The van der Waals surface area contributed by atoms with E-state index in [4.69, 9.17) is 0 Å². The van der Waals surface area contributed by atoms with Crippen molar-refractivity contribution < 1.29 is 4.79 Å². The zero-order valence-corrected chi connectivity index (χ0v) is 18.8. The number of pyridine rings is 1. The summed E-state index contributed by atoms with van der Waals surface area (Å²) in [5, 5.41) is 2.92. The summed E-state index contributed by atoms with van der Waals surface area (Å²) in [6.07, 6.45) is 3.55. The zero-order valence-electron chi connectivity index (χ0n) is 17.2. The molecule has 5 rings (SSSR count). The first-order valence-corrected chi connectivity index (χ1v) is 10.9. The lowest BCUT2D eigenvalue weighted by atomic mass is 10.1. The predicted molar refractivity (Wildman–Crippen MR) is 129 cm³/mol. The number of anilines is 1. The molecular weight excluding hydrogens is 468 g/mol. The Kier molecular flexibility index (Phi) is 5.11. The van der Waals surface area contributed by atoms with E-state index in [2.05, 4.69) is 26.2 Å². The van der Waals surface area contributed by atoms with Gasteiger partial charge in [-0.1, -0.05) is 28.1 Å². The number of aromatic nitrogens is 3. The van der Waals surface area contributed by atoms with Gasteiger partial charge in [-0.3, -0.25) is 14.2 Å². The van der Waals surface area contributed by atoms with Crippen molar-refractivity contribution in [2.24, 2.45) is 0 Å². The maximum Gasteiger partial charge on any atom is 0.276 e. The maximum absolute atomic E-state index is 13.1. The van der Waals surface area contributed by atoms with E-state index < -0.39 is 0 Å². The lowest BCUT2D eigenvalue weighted by Crippen LogP contribution is -2.24. The van der Waals surface area contributed by atoms with E-state index in [0.717, 1.165) is 26.8 Å². The van der Waals surface area contributed by atoms with Gasteiger partial charge >= 0.3 is 0 Å². The molecule has 0 spiro atoms. The van der Waals surface area contributed by atoms with Crippen molar-refractivity contribution in [1.82, 2.24) is 14.0 Å². The molecule has 0 atom stereocenters. The Balaban J connectivity index is 1.43. The molecule has 5 aromatic rings. The molecule has 0 aliphatic rings. The second kappa shape index (κ2) is 8.09. The highest BCUT2D eigenvalue weighted by molar-refractivity contribution is 9.10. The molecule has 0 bridgehead atoms. The Morgan fingerprint density at radius 1 is 1.03 bits per heavy atom. The number of fused-ring (bicyclic) bond motifs is 3. The minimum Gasteiger partial charge on any atom is -0.322 e. The van der Waals surface area contributed by atoms with Crippen molar-refractivity contribution in [2.45, 2.75) is 13.5 Å². The third kappa shape index (κ3) is 3.61. The van der Waals surface area contributed by atoms with Gasteiger partial charge in [0.15, 0.2) is 5.65 Å². The fourth-order valence-corrected chi connectivity index (χ4v) is 4.05. The van der Waals surface area contributed by atoms with Crippen LogP contribution in [0.25, 0.3) is 16.7 Å². The van der Waals surface area contributed by atoms with Gasteiger partial charge in [0.1, 0.15) is 5.52 Å². The molecule has 3 heterocycles. The highest BCUT2D eigenvalue weighted by Crippen LogP contribution is 2.21. The van der Waals surface area contributed by atoms with E-state index >= 15 is 0 Å². The van der Waals surface area contributed by atoms with Crippen LogP contribution in [0.4, 0.5) is 5.69 Å². The third-order valence-electron chi connectivity index (χ3n) is 5.47. The minimum atomic E-state index is -0.183. The van der Waals surface area contributed by atoms with E-state index in [1.807, 2.05) is 72.1 Å². The first-order chi connectivity index (χ1) is 15.5. The van der Waals surface area contributed by atoms with Crippen LogP contribution >= 0.6 is 15.9 Å². The lowest BCUT2D eigenvalue weighted by Gasteiger charge is -2.12.